The third kappa shape index (κ3) is 4.18. The topological polar surface area (TPSA) is 109 Å². The predicted octanol–water partition coefficient (Wildman–Crippen LogP) is 4.78. The average Bonchev–Trinajstić information content (AvgIpc) is 3.37. The lowest BCUT2D eigenvalue weighted by molar-refractivity contribution is -0.140. The summed E-state index contributed by atoms with van der Waals surface area (Å²) in [6.07, 6.45) is 4.88. The van der Waals surface area contributed by atoms with Crippen LogP contribution in [0.2, 0.25) is 0 Å². The second-order valence-electron chi connectivity index (χ2n) is 9.09. The summed E-state index contributed by atoms with van der Waals surface area (Å²) in [5, 5.41) is 12.7. The number of hydrogen-bond acceptors (Lipinski definition) is 6. The van der Waals surface area contributed by atoms with E-state index in [2.05, 4.69) is 10.8 Å². The number of carboxylic acids is 1. The number of aliphatic imine (C=N–C) groups is 1. The van der Waals surface area contributed by atoms with Gasteiger partial charge in [-0.3, -0.25) is 9.79 Å². The molecule has 3 atom stereocenters. The summed E-state index contributed by atoms with van der Waals surface area (Å²) in [7, 11) is -4.03. The molecule has 0 saturated heterocycles. The summed E-state index contributed by atoms with van der Waals surface area (Å²) in [4.78, 5) is 16.4. The van der Waals surface area contributed by atoms with Crippen molar-refractivity contribution >= 4 is 54.7 Å². The highest BCUT2D eigenvalue weighted by Crippen LogP contribution is 2.40. The fourth-order valence-electron chi connectivity index (χ4n) is 4.59. The van der Waals surface area contributed by atoms with Crippen LogP contribution in [0.25, 0.3) is 21.9 Å². The minimum absolute atomic E-state index is 0.0269. The Labute approximate surface area is 196 Å². The predicted molar refractivity (Wildman–Crippen MR) is 130 cm³/mol. The van der Waals surface area contributed by atoms with Crippen molar-refractivity contribution in [2.45, 2.75) is 61.8 Å². The zero-order valence-corrected chi connectivity index (χ0v) is 20.1. The van der Waals surface area contributed by atoms with E-state index in [1.54, 1.807) is 19.9 Å². The molecule has 2 aliphatic rings. The summed E-state index contributed by atoms with van der Waals surface area (Å²) in [6.45, 7) is 3.31. The van der Waals surface area contributed by atoms with Gasteiger partial charge in [-0.05, 0) is 49.1 Å². The third-order valence-corrected chi connectivity index (χ3v) is 9.28. The Morgan fingerprint density at radius 3 is 2.64 bits per heavy atom. The molecule has 174 valence electrons. The molecule has 33 heavy (non-hydrogen) atoms. The van der Waals surface area contributed by atoms with Crippen LogP contribution in [0, 0.1) is 5.92 Å². The molecule has 7 nitrogen and oxygen atoms in total. The summed E-state index contributed by atoms with van der Waals surface area (Å²) >= 11 is 1.86. The summed E-state index contributed by atoms with van der Waals surface area (Å²) in [6, 6.07) is 9.83. The number of nitrogens with one attached hydrogen (secondary N) is 1. The minimum Gasteiger partial charge on any atom is -0.480 e. The Bertz CT molecular complexity index is 1380. The smallest absolute Gasteiger partial charge is 0.322 e. The first-order valence-electron chi connectivity index (χ1n) is 11.2. The number of aliphatic carboxylic acids is 1. The van der Waals surface area contributed by atoms with E-state index < -0.39 is 28.0 Å². The molecule has 0 spiro atoms. The molecule has 2 N–H and O–H groups in total. The van der Waals surface area contributed by atoms with E-state index in [-0.39, 0.29) is 4.90 Å². The van der Waals surface area contributed by atoms with Crippen LogP contribution < -0.4 is 4.72 Å². The largest absolute Gasteiger partial charge is 0.480 e. The van der Waals surface area contributed by atoms with Crippen molar-refractivity contribution in [1.82, 2.24) is 4.72 Å². The van der Waals surface area contributed by atoms with Crippen LogP contribution in [0.1, 0.15) is 45.1 Å². The molecular formula is C24H26N2O5S2. The van der Waals surface area contributed by atoms with Crippen LogP contribution in [-0.2, 0) is 14.8 Å². The maximum atomic E-state index is 12.8. The molecular weight excluding hydrogens is 460 g/mol. The first-order chi connectivity index (χ1) is 15.7. The van der Waals surface area contributed by atoms with Gasteiger partial charge >= 0.3 is 5.97 Å². The molecule has 5 rings (SSSR count). The maximum absolute atomic E-state index is 12.8. The number of carboxylic acid groups (broad SMARTS) is 1. The summed E-state index contributed by atoms with van der Waals surface area (Å²) < 4.78 is 33.9. The number of furan rings is 1. The van der Waals surface area contributed by atoms with Gasteiger partial charge in [-0.15, -0.1) is 11.8 Å². The van der Waals surface area contributed by atoms with Crippen molar-refractivity contribution in [3.63, 3.8) is 0 Å². The zero-order chi connectivity index (χ0) is 23.3. The standard InChI is InChI=1S/C24H26N2O5S2/c1-13(2)22(24(27)28)26-33(29,30)15-8-9-16-17-11-14(7-10-19(17)31-20(16)12-15)23-25-18-5-3-4-6-21(18)32-23/h7-13,18,21-22,26H,3-6H2,1-2H3,(H,27,28)/t18?,21?,22-/m0/s1. The van der Waals surface area contributed by atoms with Crippen LogP contribution >= 0.6 is 11.8 Å². The first-order valence-corrected chi connectivity index (χ1v) is 13.6. The number of fused-ring (bicyclic) bond motifs is 4. The van der Waals surface area contributed by atoms with Gasteiger partial charge in [0.25, 0.3) is 0 Å². The van der Waals surface area contributed by atoms with Gasteiger partial charge in [0, 0.05) is 27.7 Å². The minimum atomic E-state index is -4.03. The summed E-state index contributed by atoms with van der Waals surface area (Å²) in [5.74, 6) is -1.61. The molecule has 2 unspecified atom stereocenters. The second kappa shape index (κ2) is 8.45. The van der Waals surface area contributed by atoms with Gasteiger partial charge in [0.15, 0.2) is 0 Å². The second-order valence-corrected chi connectivity index (χ2v) is 12.0. The van der Waals surface area contributed by atoms with E-state index >= 15 is 0 Å². The molecule has 2 aromatic carbocycles. The van der Waals surface area contributed by atoms with E-state index in [0.29, 0.717) is 22.5 Å². The number of benzene rings is 2. The van der Waals surface area contributed by atoms with E-state index in [1.807, 2.05) is 23.9 Å². The van der Waals surface area contributed by atoms with Gasteiger partial charge in [0.05, 0.1) is 16.0 Å². The molecule has 0 radical (unpaired) electrons. The Balaban J connectivity index is 1.48. The molecule has 3 aromatic rings. The molecule has 1 aliphatic carbocycles. The van der Waals surface area contributed by atoms with Gasteiger partial charge in [-0.1, -0.05) is 26.7 Å². The molecule has 1 fully saturated rings. The monoisotopic (exact) mass is 486 g/mol. The van der Waals surface area contributed by atoms with Crippen LogP contribution in [0.4, 0.5) is 0 Å². The van der Waals surface area contributed by atoms with Crippen LogP contribution in [0.15, 0.2) is 50.7 Å². The van der Waals surface area contributed by atoms with Gasteiger partial charge in [-0.2, -0.15) is 4.72 Å². The van der Waals surface area contributed by atoms with E-state index in [0.717, 1.165) is 27.8 Å². The van der Waals surface area contributed by atoms with Crippen LogP contribution in [0.5, 0.6) is 0 Å². The van der Waals surface area contributed by atoms with Gasteiger partial charge in [0.2, 0.25) is 10.0 Å². The Morgan fingerprint density at radius 2 is 1.91 bits per heavy atom. The highest BCUT2D eigenvalue weighted by atomic mass is 32.2. The molecule has 9 heteroatoms. The van der Waals surface area contributed by atoms with Gasteiger partial charge in [0.1, 0.15) is 17.2 Å². The molecule has 1 aliphatic heterocycles. The van der Waals surface area contributed by atoms with Crippen LogP contribution in [-0.4, -0.2) is 41.9 Å². The van der Waals surface area contributed by atoms with Crippen molar-refractivity contribution in [3.8, 4) is 0 Å². The normalized spacial score (nSPS) is 22.0. The Hall–Kier alpha value is -2.36. The van der Waals surface area contributed by atoms with Crippen molar-refractivity contribution in [3.05, 3.63) is 42.0 Å². The average molecular weight is 487 g/mol. The molecule has 2 heterocycles. The number of rotatable bonds is 6. The van der Waals surface area contributed by atoms with Crippen molar-refractivity contribution < 1.29 is 22.7 Å². The summed E-state index contributed by atoms with van der Waals surface area (Å²) in [5.41, 5.74) is 2.17. The Kier molecular flexibility index (Phi) is 5.74. The lowest BCUT2D eigenvalue weighted by Gasteiger charge is -2.21. The van der Waals surface area contributed by atoms with Crippen molar-refractivity contribution in [1.29, 1.82) is 0 Å². The highest BCUT2D eigenvalue weighted by Gasteiger charge is 2.33. The molecule has 1 aromatic heterocycles. The van der Waals surface area contributed by atoms with E-state index in [4.69, 9.17) is 9.41 Å². The van der Waals surface area contributed by atoms with E-state index in [1.165, 1.54) is 31.4 Å². The van der Waals surface area contributed by atoms with Gasteiger partial charge in [-0.25, -0.2) is 8.42 Å². The van der Waals surface area contributed by atoms with Crippen LogP contribution in [0.3, 0.4) is 0 Å². The molecule has 0 amide bonds. The van der Waals surface area contributed by atoms with Crippen molar-refractivity contribution in [2.75, 3.05) is 0 Å². The lowest BCUT2D eigenvalue weighted by Crippen LogP contribution is -2.44. The number of hydrogen-bond donors (Lipinski definition) is 2. The van der Waals surface area contributed by atoms with Crippen molar-refractivity contribution in [2.24, 2.45) is 10.9 Å². The number of thioether (sulfide) groups is 1. The fourth-order valence-corrected chi connectivity index (χ4v) is 7.33. The maximum Gasteiger partial charge on any atom is 0.322 e. The van der Waals surface area contributed by atoms with E-state index in [9.17, 15) is 18.3 Å². The first kappa shape index (κ1) is 22.4. The molecule has 1 saturated carbocycles. The van der Waals surface area contributed by atoms with Gasteiger partial charge < -0.3 is 9.52 Å². The third-order valence-electron chi connectivity index (χ3n) is 6.43. The fraction of sp³-hybridized carbons (Fsp3) is 0.417. The Morgan fingerprint density at radius 1 is 1.12 bits per heavy atom. The zero-order valence-electron chi connectivity index (χ0n) is 18.4. The lowest BCUT2D eigenvalue weighted by atomic mass is 9.95. The number of carbonyl (C=O) groups is 1. The highest BCUT2D eigenvalue weighted by molar-refractivity contribution is 8.15. The molecule has 0 bridgehead atoms. The quantitative estimate of drug-likeness (QED) is 0.519. The number of sulfonamides is 1. The number of nitrogens with zero attached hydrogens (tertiary/aromatic N) is 1. The SMILES string of the molecule is CC(C)[C@H](NS(=O)(=O)c1ccc2c(c1)oc1ccc(C3=NC4CCCCC4S3)cc12)C(=O)O.